The second kappa shape index (κ2) is 6.12. The Bertz CT molecular complexity index is 559. The minimum absolute atomic E-state index is 0.0251. The maximum Gasteiger partial charge on any atom is 0.227 e. The van der Waals surface area contributed by atoms with Gasteiger partial charge in [0.25, 0.3) is 0 Å². The predicted octanol–water partition coefficient (Wildman–Crippen LogP) is 3.06. The van der Waals surface area contributed by atoms with Crippen LogP contribution in [0.5, 0.6) is 0 Å². The lowest BCUT2D eigenvalue weighted by Gasteiger charge is -2.15. The summed E-state index contributed by atoms with van der Waals surface area (Å²) in [7, 11) is 0. The van der Waals surface area contributed by atoms with E-state index in [1.54, 1.807) is 13.0 Å². The first kappa shape index (κ1) is 14.0. The molecule has 0 aliphatic carbocycles. The van der Waals surface area contributed by atoms with Gasteiger partial charge in [0.1, 0.15) is 5.82 Å². The molecule has 1 atom stereocenters. The molecule has 1 heterocycles. The van der Waals surface area contributed by atoms with Crippen molar-refractivity contribution < 1.29 is 8.91 Å². The fourth-order valence-corrected chi connectivity index (χ4v) is 2.13. The third-order valence-electron chi connectivity index (χ3n) is 2.79. The van der Waals surface area contributed by atoms with E-state index in [4.69, 9.17) is 16.1 Å². The molecule has 19 heavy (non-hydrogen) atoms. The molecule has 0 radical (unpaired) electrons. The first-order valence-corrected chi connectivity index (χ1v) is 6.41. The monoisotopic (exact) mass is 283 g/mol. The summed E-state index contributed by atoms with van der Waals surface area (Å²) in [5.74, 6) is 0.898. The van der Waals surface area contributed by atoms with Gasteiger partial charge in [0.2, 0.25) is 5.89 Å². The second-order valence-electron chi connectivity index (χ2n) is 4.33. The minimum Gasteiger partial charge on any atom is -0.339 e. The van der Waals surface area contributed by atoms with E-state index in [0.29, 0.717) is 29.7 Å². The average molecular weight is 284 g/mol. The third kappa shape index (κ3) is 3.75. The zero-order chi connectivity index (χ0) is 13.8. The summed E-state index contributed by atoms with van der Waals surface area (Å²) in [6.45, 7) is 4.43. The molecule has 1 aromatic carbocycles. The van der Waals surface area contributed by atoms with E-state index in [2.05, 4.69) is 15.5 Å². The SMILES string of the molecule is Cc1noc(CCNC(C)c2ccc(F)cc2Cl)n1. The minimum atomic E-state index is -0.331. The number of hydrogen-bond donors (Lipinski definition) is 1. The first-order chi connectivity index (χ1) is 9.06. The Morgan fingerprint density at radius 1 is 1.47 bits per heavy atom. The van der Waals surface area contributed by atoms with E-state index >= 15 is 0 Å². The zero-order valence-corrected chi connectivity index (χ0v) is 11.5. The Labute approximate surface area is 116 Å². The molecule has 0 aliphatic rings. The maximum absolute atomic E-state index is 13.0. The molecule has 0 aliphatic heterocycles. The molecule has 4 nitrogen and oxygen atoms in total. The predicted molar refractivity (Wildman–Crippen MR) is 70.6 cm³/mol. The third-order valence-corrected chi connectivity index (χ3v) is 3.12. The molecule has 102 valence electrons. The van der Waals surface area contributed by atoms with Crippen LogP contribution in [-0.2, 0) is 6.42 Å². The molecule has 1 N–H and O–H groups in total. The number of nitrogens with zero attached hydrogens (tertiary/aromatic N) is 2. The normalized spacial score (nSPS) is 12.6. The summed E-state index contributed by atoms with van der Waals surface area (Å²) >= 11 is 6.00. The smallest absolute Gasteiger partial charge is 0.227 e. The van der Waals surface area contributed by atoms with Crippen molar-refractivity contribution >= 4 is 11.6 Å². The van der Waals surface area contributed by atoms with Crippen LogP contribution in [0.25, 0.3) is 0 Å². The number of nitrogens with one attached hydrogen (secondary N) is 1. The van der Waals surface area contributed by atoms with E-state index in [-0.39, 0.29) is 11.9 Å². The Hall–Kier alpha value is -1.46. The number of aryl methyl sites for hydroxylation is 1. The standard InChI is InChI=1S/C13H15ClFN3O/c1-8(11-4-3-10(15)7-12(11)14)16-6-5-13-17-9(2)18-19-13/h3-4,7-8,16H,5-6H2,1-2H3. The van der Waals surface area contributed by atoms with Gasteiger partial charge in [-0.15, -0.1) is 0 Å². The number of rotatable bonds is 5. The van der Waals surface area contributed by atoms with Crippen molar-refractivity contribution in [2.45, 2.75) is 26.3 Å². The van der Waals surface area contributed by atoms with Gasteiger partial charge >= 0.3 is 0 Å². The molecule has 0 bridgehead atoms. The molecule has 1 aromatic heterocycles. The molecule has 2 aromatic rings. The van der Waals surface area contributed by atoms with Crippen LogP contribution in [0.2, 0.25) is 5.02 Å². The van der Waals surface area contributed by atoms with Gasteiger partial charge in [-0.05, 0) is 31.5 Å². The van der Waals surface area contributed by atoms with E-state index in [1.807, 2.05) is 6.92 Å². The second-order valence-corrected chi connectivity index (χ2v) is 4.73. The highest BCUT2D eigenvalue weighted by molar-refractivity contribution is 6.31. The lowest BCUT2D eigenvalue weighted by molar-refractivity contribution is 0.370. The van der Waals surface area contributed by atoms with Gasteiger partial charge in [-0.1, -0.05) is 22.8 Å². The van der Waals surface area contributed by atoms with Gasteiger partial charge in [0.05, 0.1) is 0 Å². The number of halogens is 2. The van der Waals surface area contributed by atoms with Crippen LogP contribution in [0.4, 0.5) is 4.39 Å². The molecule has 0 fully saturated rings. The van der Waals surface area contributed by atoms with Crippen molar-refractivity contribution in [3.05, 3.63) is 46.3 Å². The molecule has 1 unspecified atom stereocenters. The zero-order valence-electron chi connectivity index (χ0n) is 10.8. The van der Waals surface area contributed by atoms with Crippen LogP contribution in [0.1, 0.15) is 30.2 Å². The highest BCUT2D eigenvalue weighted by Crippen LogP contribution is 2.23. The Kier molecular flexibility index (Phi) is 4.50. The molecule has 0 amide bonds. The molecular weight excluding hydrogens is 269 g/mol. The van der Waals surface area contributed by atoms with Crippen LogP contribution in [-0.4, -0.2) is 16.7 Å². The van der Waals surface area contributed by atoms with Crippen molar-refractivity contribution in [1.29, 1.82) is 0 Å². The van der Waals surface area contributed by atoms with E-state index in [9.17, 15) is 4.39 Å². The number of aromatic nitrogens is 2. The van der Waals surface area contributed by atoms with Crippen molar-refractivity contribution in [2.24, 2.45) is 0 Å². The quantitative estimate of drug-likeness (QED) is 0.916. The van der Waals surface area contributed by atoms with Crippen molar-refractivity contribution in [3.63, 3.8) is 0 Å². The molecule has 6 heteroatoms. The Balaban J connectivity index is 1.88. The summed E-state index contributed by atoms with van der Waals surface area (Å²) in [6.07, 6.45) is 0.643. The molecular formula is C13H15ClFN3O. The first-order valence-electron chi connectivity index (χ1n) is 6.04. The van der Waals surface area contributed by atoms with Crippen molar-refractivity contribution in [1.82, 2.24) is 15.5 Å². The Morgan fingerprint density at radius 3 is 2.89 bits per heavy atom. The topological polar surface area (TPSA) is 51.0 Å². The molecule has 0 saturated carbocycles. The highest BCUT2D eigenvalue weighted by atomic mass is 35.5. The number of hydrogen-bond acceptors (Lipinski definition) is 4. The number of benzene rings is 1. The summed E-state index contributed by atoms with van der Waals surface area (Å²) in [5.41, 5.74) is 0.866. The van der Waals surface area contributed by atoms with Gasteiger partial charge in [0, 0.05) is 24.0 Å². The maximum atomic E-state index is 13.0. The van der Waals surface area contributed by atoms with Crippen LogP contribution >= 0.6 is 11.6 Å². The van der Waals surface area contributed by atoms with Gasteiger partial charge < -0.3 is 9.84 Å². The summed E-state index contributed by atoms with van der Waals surface area (Å²) in [6, 6.07) is 4.43. The fraction of sp³-hybridized carbons (Fsp3) is 0.385. The van der Waals surface area contributed by atoms with Crippen LogP contribution in [0, 0.1) is 12.7 Å². The lowest BCUT2D eigenvalue weighted by atomic mass is 10.1. The van der Waals surface area contributed by atoms with Crippen LogP contribution in [0.15, 0.2) is 22.7 Å². The average Bonchev–Trinajstić information content (AvgIpc) is 2.75. The fourth-order valence-electron chi connectivity index (χ4n) is 1.80. The Morgan fingerprint density at radius 2 is 2.26 bits per heavy atom. The molecule has 2 rings (SSSR count). The van der Waals surface area contributed by atoms with Gasteiger partial charge in [-0.2, -0.15) is 4.98 Å². The van der Waals surface area contributed by atoms with Crippen molar-refractivity contribution in [2.75, 3.05) is 6.54 Å². The van der Waals surface area contributed by atoms with Crippen LogP contribution in [0.3, 0.4) is 0 Å². The summed E-state index contributed by atoms with van der Waals surface area (Å²) in [5, 5.41) is 7.43. The molecule has 0 spiro atoms. The van der Waals surface area contributed by atoms with E-state index in [0.717, 1.165) is 5.56 Å². The van der Waals surface area contributed by atoms with Gasteiger partial charge in [-0.3, -0.25) is 0 Å². The van der Waals surface area contributed by atoms with Crippen LogP contribution < -0.4 is 5.32 Å². The van der Waals surface area contributed by atoms with E-state index < -0.39 is 0 Å². The van der Waals surface area contributed by atoms with Crippen molar-refractivity contribution in [3.8, 4) is 0 Å². The molecule has 0 saturated heterocycles. The lowest BCUT2D eigenvalue weighted by Crippen LogP contribution is -2.21. The summed E-state index contributed by atoms with van der Waals surface area (Å²) < 4.78 is 18.0. The van der Waals surface area contributed by atoms with E-state index in [1.165, 1.54) is 12.1 Å². The highest BCUT2D eigenvalue weighted by Gasteiger charge is 2.10. The van der Waals surface area contributed by atoms with Gasteiger partial charge in [0.15, 0.2) is 5.82 Å². The summed E-state index contributed by atoms with van der Waals surface area (Å²) in [4.78, 5) is 4.12. The van der Waals surface area contributed by atoms with Gasteiger partial charge in [-0.25, -0.2) is 4.39 Å². The largest absolute Gasteiger partial charge is 0.339 e.